The molecule has 1 heterocycles. The van der Waals surface area contributed by atoms with Crippen LogP contribution in [0.4, 0.5) is 13.2 Å². The van der Waals surface area contributed by atoms with E-state index >= 15 is 0 Å². The average Bonchev–Trinajstić information content (AvgIpc) is 3.38. The van der Waals surface area contributed by atoms with E-state index in [9.17, 15) is 35.7 Å². The van der Waals surface area contributed by atoms with Crippen molar-refractivity contribution in [2.75, 3.05) is 0 Å². The van der Waals surface area contributed by atoms with Gasteiger partial charge in [-0.05, 0) is 43.4 Å². The molecular formula is C17H17F3N2O5S. The van der Waals surface area contributed by atoms with Crippen molar-refractivity contribution in [3.05, 3.63) is 40.2 Å². The number of rotatable bonds is 6. The van der Waals surface area contributed by atoms with Gasteiger partial charge in [0, 0.05) is 23.9 Å². The summed E-state index contributed by atoms with van der Waals surface area (Å²) >= 11 is 0. The number of primary amides is 1. The number of nitrogens with zero attached hydrogens (tertiary/aromatic N) is 1. The van der Waals surface area contributed by atoms with E-state index in [1.165, 1.54) is 4.57 Å². The summed E-state index contributed by atoms with van der Waals surface area (Å²) in [7, 11) is -4.74. The molecule has 28 heavy (non-hydrogen) atoms. The van der Waals surface area contributed by atoms with Crippen LogP contribution in [-0.4, -0.2) is 23.4 Å². The fourth-order valence-corrected chi connectivity index (χ4v) is 3.92. The molecule has 0 aliphatic heterocycles. The molecule has 0 radical (unpaired) electrons. The van der Waals surface area contributed by atoms with Crippen LogP contribution in [-0.2, 0) is 21.1 Å². The monoisotopic (exact) mass is 418 g/mol. The van der Waals surface area contributed by atoms with Gasteiger partial charge in [-0.1, -0.05) is 0 Å². The molecule has 0 bridgehead atoms. The van der Waals surface area contributed by atoms with Crippen molar-refractivity contribution >= 4 is 26.9 Å². The van der Waals surface area contributed by atoms with Crippen molar-refractivity contribution in [1.29, 1.82) is 0 Å². The number of aromatic nitrogens is 1. The Morgan fingerprint density at radius 1 is 1.29 bits per heavy atom. The van der Waals surface area contributed by atoms with Gasteiger partial charge in [0.25, 0.3) is 15.7 Å². The summed E-state index contributed by atoms with van der Waals surface area (Å²) in [5.74, 6) is -0.582. The van der Waals surface area contributed by atoms with E-state index in [0.29, 0.717) is 12.1 Å². The van der Waals surface area contributed by atoms with Crippen molar-refractivity contribution in [2.45, 2.75) is 42.8 Å². The lowest BCUT2D eigenvalue weighted by Crippen LogP contribution is -2.29. The smallest absolute Gasteiger partial charge is 0.370 e. The van der Waals surface area contributed by atoms with E-state index in [0.717, 1.165) is 25.0 Å². The lowest BCUT2D eigenvalue weighted by Gasteiger charge is -2.23. The molecule has 1 saturated carbocycles. The van der Waals surface area contributed by atoms with Gasteiger partial charge in [-0.25, -0.2) is 0 Å². The summed E-state index contributed by atoms with van der Waals surface area (Å²) in [5.41, 5.74) is 2.86. The van der Waals surface area contributed by atoms with Gasteiger partial charge >= 0.3 is 6.18 Å². The molecule has 1 aliphatic carbocycles. The van der Waals surface area contributed by atoms with Gasteiger partial charge in [-0.2, -0.15) is 21.6 Å². The van der Waals surface area contributed by atoms with E-state index < -0.39 is 49.6 Å². The zero-order valence-corrected chi connectivity index (χ0v) is 15.3. The summed E-state index contributed by atoms with van der Waals surface area (Å²) in [5, 5.41) is -0.521. The van der Waals surface area contributed by atoms with Crippen LogP contribution in [0.5, 0.6) is 0 Å². The van der Waals surface area contributed by atoms with Gasteiger partial charge in [0.1, 0.15) is 0 Å². The molecule has 2 aromatic rings. The molecule has 7 nitrogen and oxygen atoms in total. The van der Waals surface area contributed by atoms with E-state index in [1.807, 2.05) is 0 Å². The first kappa shape index (κ1) is 20.3. The van der Waals surface area contributed by atoms with Gasteiger partial charge in [0.15, 0.2) is 0 Å². The van der Waals surface area contributed by atoms with Crippen LogP contribution in [0, 0.1) is 5.92 Å². The Bertz CT molecular complexity index is 1100. The lowest BCUT2D eigenvalue weighted by atomic mass is 10.0. The third-order valence-electron chi connectivity index (χ3n) is 4.81. The Hall–Kier alpha value is -2.40. The predicted molar refractivity (Wildman–Crippen MR) is 93.2 cm³/mol. The number of alkyl halides is 3. The van der Waals surface area contributed by atoms with Crippen molar-refractivity contribution < 1.29 is 30.9 Å². The molecule has 1 amide bonds. The largest absolute Gasteiger partial charge is 0.417 e. The first-order valence-corrected chi connectivity index (χ1v) is 9.86. The number of hydrogen-bond acceptors (Lipinski definition) is 4. The number of pyridine rings is 1. The Morgan fingerprint density at radius 3 is 2.43 bits per heavy atom. The third-order valence-corrected chi connectivity index (χ3v) is 5.66. The molecule has 0 saturated heterocycles. The predicted octanol–water partition coefficient (Wildman–Crippen LogP) is 2.48. The van der Waals surface area contributed by atoms with E-state index in [-0.39, 0.29) is 24.3 Å². The highest BCUT2D eigenvalue weighted by Crippen LogP contribution is 2.43. The van der Waals surface area contributed by atoms with Crippen LogP contribution in [0.3, 0.4) is 0 Å². The Balaban J connectivity index is 2.30. The fraction of sp³-hybridized carbons (Fsp3) is 0.412. The number of carbonyl (C=O) groups excluding carboxylic acids is 1. The zero-order chi connectivity index (χ0) is 20.9. The number of halogens is 3. The summed E-state index contributed by atoms with van der Waals surface area (Å²) in [6.45, 7) is 0. The van der Waals surface area contributed by atoms with Crippen LogP contribution in [0.1, 0.15) is 37.3 Å². The molecule has 1 aromatic carbocycles. The molecule has 152 valence electrons. The lowest BCUT2D eigenvalue weighted by molar-refractivity contribution is -0.136. The Morgan fingerprint density at radius 2 is 1.93 bits per heavy atom. The molecule has 0 spiro atoms. The van der Waals surface area contributed by atoms with Gasteiger partial charge < -0.3 is 10.3 Å². The topological polar surface area (TPSA) is 119 Å². The van der Waals surface area contributed by atoms with Crippen molar-refractivity contribution in [3.63, 3.8) is 0 Å². The van der Waals surface area contributed by atoms with Crippen LogP contribution in [0.25, 0.3) is 10.9 Å². The molecular weight excluding hydrogens is 401 g/mol. The van der Waals surface area contributed by atoms with Gasteiger partial charge in [0.05, 0.1) is 16.0 Å². The van der Waals surface area contributed by atoms with Gasteiger partial charge in [-0.15, -0.1) is 0 Å². The highest BCUT2D eigenvalue weighted by atomic mass is 32.2. The van der Waals surface area contributed by atoms with Crippen molar-refractivity contribution in [1.82, 2.24) is 4.57 Å². The second-order valence-electron chi connectivity index (χ2n) is 6.83. The van der Waals surface area contributed by atoms with E-state index in [4.69, 9.17) is 5.73 Å². The van der Waals surface area contributed by atoms with E-state index in [2.05, 4.69) is 0 Å². The van der Waals surface area contributed by atoms with Gasteiger partial charge in [0.2, 0.25) is 5.91 Å². The maximum absolute atomic E-state index is 13.5. The average molecular weight is 418 g/mol. The highest BCUT2D eigenvalue weighted by Gasteiger charge is 2.38. The van der Waals surface area contributed by atoms with E-state index in [1.54, 1.807) is 0 Å². The maximum atomic E-state index is 13.5. The molecule has 1 atom stereocenters. The normalized spacial score (nSPS) is 16.3. The molecule has 11 heteroatoms. The number of carbonyl (C=O) groups is 1. The minimum Gasteiger partial charge on any atom is -0.370 e. The number of nitrogens with two attached hydrogens (primary N) is 1. The Kier molecular flexibility index (Phi) is 5.00. The minimum absolute atomic E-state index is 0.0123. The maximum Gasteiger partial charge on any atom is 0.417 e. The second kappa shape index (κ2) is 6.89. The Labute approximate surface area is 157 Å². The summed E-state index contributed by atoms with van der Waals surface area (Å²) in [6, 6.07) is 2.57. The molecule has 1 fully saturated rings. The standard InChI is InChI=1S/C17H17F3N2O5S/c18-17(19,20)12-8-16(24)22(13(9-1-2-9)5-6-15(21)23)14-4-3-10(7-11(12)14)28(25,26)27/h3-4,7-9,13H,1-2,5-6H2,(H2,21,23)(H,25,26,27). The zero-order valence-electron chi connectivity index (χ0n) is 14.4. The molecule has 1 aliphatic rings. The summed E-state index contributed by atoms with van der Waals surface area (Å²) in [6.07, 6.45) is -3.26. The highest BCUT2D eigenvalue weighted by molar-refractivity contribution is 7.85. The summed E-state index contributed by atoms with van der Waals surface area (Å²) < 4.78 is 73.5. The number of fused-ring (bicyclic) bond motifs is 1. The molecule has 1 unspecified atom stereocenters. The fourth-order valence-electron chi connectivity index (χ4n) is 3.41. The number of amides is 1. The summed E-state index contributed by atoms with van der Waals surface area (Å²) in [4.78, 5) is 23.0. The van der Waals surface area contributed by atoms with Crippen LogP contribution in [0.15, 0.2) is 34.0 Å². The SMILES string of the molecule is NC(=O)CCC(C1CC1)n1c(=O)cc(C(F)(F)F)c2cc(S(=O)(=O)O)ccc21. The first-order chi connectivity index (χ1) is 12.9. The van der Waals surface area contributed by atoms with Crippen molar-refractivity contribution in [2.24, 2.45) is 11.7 Å². The second-order valence-corrected chi connectivity index (χ2v) is 8.25. The van der Waals surface area contributed by atoms with Crippen LogP contribution < -0.4 is 11.3 Å². The minimum atomic E-state index is -4.91. The molecule has 1 aromatic heterocycles. The van der Waals surface area contributed by atoms with Gasteiger partial charge in [-0.3, -0.25) is 14.1 Å². The first-order valence-electron chi connectivity index (χ1n) is 8.42. The third kappa shape index (κ3) is 4.04. The van der Waals surface area contributed by atoms with Crippen LogP contribution in [0.2, 0.25) is 0 Å². The quantitative estimate of drug-likeness (QED) is 0.699. The molecule has 3 N–H and O–H groups in total. The number of benzene rings is 1. The molecule has 3 rings (SSSR count). The van der Waals surface area contributed by atoms with Crippen LogP contribution >= 0.6 is 0 Å². The number of hydrogen-bond donors (Lipinski definition) is 2. The van der Waals surface area contributed by atoms with Crippen molar-refractivity contribution in [3.8, 4) is 0 Å².